The van der Waals surface area contributed by atoms with Crippen molar-refractivity contribution in [3.05, 3.63) is 72.1 Å². The average Bonchev–Trinajstić information content (AvgIpc) is 3.47. The number of hydrogen-bond acceptors (Lipinski definition) is 9. The van der Waals surface area contributed by atoms with Gasteiger partial charge < -0.3 is 33.9 Å². The van der Waals surface area contributed by atoms with Crippen LogP contribution in [-0.2, 0) is 17.8 Å². The summed E-state index contributed by atoms with van der Waals surface area (Å²) in [6.45, 7) is 1.81. The molecule has 2 bridgehead atoms. The molecular weight excluding hydrogens is 512 g/mol. The first-order valence-corrected chi connectivity index (χ1v) is 13.3. The SMILES string of the molecule is COc1cc2ncnc3c2cc1OCCCCN(C(=O)OCc1ccccc1)CCc1ccc2c(c1N3)OCO2. The Kier molecular flexibility index (Phi) is 7.39. The number of aromatic nitrogens is 2. The van der Waals surface area contributed by atoms with Crippen LogP contribution in [0.1, 0.15) is 24.0 Å². The number of rotatable bonds is 3. The highest BCUT2D eigenvalue weighted by Crippen LogP contribution is 2.44. The maximum Gasteiger partial charge on any atom is 0.410 e. The first-order valence-electron chi connectivity index (χ1n) is 13.3. The summed E-state index contributed by atoms with van der Waals surface area (Å²) in [5, 5.41) is 4.25. The van der Waals surface area contributed by atoms with Gasteiger partial charge in [-0.3, -0.25) is 0 Å². The molecule has 10 heteroatoms. The molecule has 0 unspecified atom stereocenters. The summed E-state index contributed by atoms with van der Waals surface area (Å²) < 4.78 is 28.9. The minimum absolute atomic E-state index is 0.130. The summed E-state index contributed by atoms with van der Waals surface area (Å²) in [6, 6.07) is 17.3. The van der Waals surface area contributed by atoms with Gasteiger partial charge in [0.2, 0.25) is 6.79 Å². The van der Waals surface area contributed by atoms with E-state index in [0.717, 1.165) is 35.0 Å². The van der Waals surface area contributed by atoms with Gasteiger partial charge in [-0.15, -0.1) is 0 Å². The van der Waals surface area contributed by atoms with Gasteiger partial charge in [0.25, 0.3) is 0 Å². The zero-order valence-corrected chi connectivity index (χ0v) is 22.2. The van der Waals surface area contributed by atoms with Crippen molar-refractivity contribution >= 4 is 28.5 Å². The number of amides is 1. The highest BCUT2D eigenvalue weighted by Gasteiger charge is 2.24. The Morgan fingerprint density at radius 2 is 1.90 bits per heavy atom. The van der Waals surface area contributed by atoms with E-state index >= 15 is 0 Å². The van der Waals surface area contributed by atoms with Crippen LogP contribution < -0.4 is 24.3 Å². The number of carbonyl (C=O) groups excluding carboxylic acids is 1. The normalized spacial score (nSPS) is 14.9. The zero-order valence-electron chi connectivity index (χ0n) is 22.2. The van der Waals surface area contributed by atoms with Crippen molar-refractivity contribution in [2.24, 2.45) is 0 Å². The molecule has 10 nitrogen and oxygen atoms in total. The number of carbonyl (C=O) groups is 1. The molecule has 1 N–H and O–H groups in total. The number of fused-ring (bicyclic) bond motifs is 4. The molecule has 3 aromatic carbocycles. The third-order valence-electron chi connectivity index (χ3n) is 6.98. The highest BCUT2D eigenvalue weighted by molar-refractivity contribution is 5.94. The van der Waals surface area contributed by atoms with Crippen LogP contribution in [0.15, 0.2) is 60.9 Å². The Balaban J connectivity index is 1.33. The number of nitrogens with zero attached hydrogens (tertiary/aromatic N) is 3. The molecule has 0 atom stereocenters. The van der Waals surface area contributed by atoms with Crippen LogP contribution in [0.2, 0.25) is 0 Å². The van der Waals surface area contributed by atoms with Crippen molar-refractivity contribution in [1.29, 1.82) is 0 Å². The molecule has 0 radical (unpaired) electrons. The molecule has 40 heavy (non-hydrogen) atoms. The molecule has 0 saturated carbocycles. The standard InChI is InChI=1S/C30H30N4O6/c1-36-25-16-23-22-15-26(25)37-14-6-5-12-34(30(35)38-17-20-7-3-2-4-8-20)13-11-21-9-10-24-28(40-19-39-24)27(21)33-29(22)32-18-31-23/h2-4,7-10,15-16,18H,5-6,11-14,17,19H2,1H3,(H,31,32,33). The topological polar surface area (TPSA) is 104 Å². The molecule has 206 valence electrons. The number of methoxy groups -OCH3 is 1. The summed E-state index contributed by atoms with van der Waals surface area (Å²) in [5.74, 6) is 3.03. The first-order chi connectivity index (χ1) is 19.7. The van der Waals surface area contributed by atoms with Gasteiger partial charge in [0, 0.05) is 24.5 Å². The van der Waals surface area contributed by atoms with E-state index in [2.05, 4.69) is 15.3 Å². The molecule has 1 amide bonds. The fraction of sp³-hybridized carbons (Fsp3) is 0.300. The Morgan fingerprint density at radius 1 is 1.00 bits per heavy atom. The van der Waals surface area contributed by atoms with E-state index in [4.69, 9.17) is 23.7 Å². The van der Waals surface area contributed by atoms with Gasteiger partial charge in [0.05, 0.1) is 24.9 Å². The van der Waals surface area contributed by atoms with E-state index in [1.54, 1.807) is 12.0 Å². The number of nitrogens with one attached hydrogen (secondary N) is 1. The number of benzene rings is 3. The molecule has 2 aliphatic rings. The summed E-state index contributed by atoms with van der Waals surface area (Å²) >= 11 is 0. The number of anilines is 2. The predicted octanol–water partition coefficient (Wildman–Crippen LogP) is 5.46. The molecule has 3 heterocycles. The van der Waals surface area contributed by atoms with Crippen LogP contribution in [0.25, 0.3) is 10.9 Å². The third kappa shape index (κ3) is 5.38. The van der Waals surface area contributed by atoms with E-state index in [1.807, 2.05) is 54.6 Å². The Bertz CT molecular complexity index is 1510. The fourth-order valence-corrected chi connectivity index (χ4v) is 4.86. The molecule has 1 aromatic heterocycles. The van der Waals surface area contributed by atoms with Gasteiger partial charge >= 0.3 is 6.09 Å². The summed E-state index contributed by atoms with van der Waals surface area (Å²) in [6.07, 6.45) is 3.21. The fourth-order valence-electron chi connectivity index (χ4n) is 4.86. The lowest BCUT2D eigenvalue weighted by Crippen LogP contribution is -2.34. The Morgan fingerprint density at radius 3 is 2.77 bits per heavy atom. The summed E-state index contributed by atoms with van der Waals surface area (Å²) in [7, 11) is 1.60. The molecular formula is C30H30N4O6. The van der Waals surface area contributed by atoms with Crippen LogP contribution >= 0.6 is 0 Å². The van der Waals surface area contributed by atoms with E-state index in [0.29, 0.717) is 60.4 Å². The van der Waals surface area contributed by atoms with Crippen LogP contribution in [0.4, 0.5) is 16.3 Å². The first kappa shape index (κ1) is 25.5. The second kappa shape index (κ2) is 11.6. The van der Waals surface area contributed by atoms with Gasteiger partial charge in [-0.2, -0.15) is 0 Å². The van der Waals surface area contributed by atoms with Crippen molar-refractivity contribution in [3.63, 3.8) is 0 Å². The largest absolute Gasteiger partial charge is 0.493 e. The second-order valence-electron chi connectivity index (χ2n) is 9.53. The minimum atomic E-state index is -0.352. The van der Waals surface area contributed by atoms with Gasteiger partial charge in [-0.25, -0.2) is 14.8 Å². The van der Waals surface area contributed by atoms with Crippen molar-refractivity contribution < 1.29 is 28.5 Å². The Labute approximate surface area is 231 Å². The maximum atomic E-state index is 13.2. The van der Waals surface area contributed by atoms with Gasteiger partial charge in [0.1, 0.15) is 18.8 Å². The minimum Gasteiger partial charge on any atom is -0.493 e. The average molecular weight is 543 g/mol. The van der Waals surface area contributed by atoms with Crippen molar-refractivity contribution in [1.82, 2.24) is 14.9 Å². The van der Waals surface area contributed by atoms with Crippen LogP contribution in [0.5, 0.6) is 23.0 Å². The summed E-state index contributed by atoms with van der Waals surface area (Å²) in [4.78, 5) is 23.9. The van der Waals surface area contributed by atoms with Gasteiger partial charge in [-0.1, -0.05) is 36.4 Å². The number of hydrogen-bond donors (Lipinski definition) is 1. The smallest absolute Gasteiger partial charge is 0.410 e. The summed E-state index contributed by atoms with van der Waals surface area (Å²) in [5.41, 5.74) is 3.35. The van der Waals surface area contributed by atoms with Crippen LogP contribution in [-0.4, -0.2) is 54.6 Å². The molecule has 0 saturated heterocycles. The molecule has 0 aliphatic carbocycles. The van der Waals surface area contributed by atoms with E-state index in [1.165, 1.54) is 6.33 Å². The van der Waals surface area contributed by atoms with Crippen molar-refractivity contribution in [2.45, 2.75) is 25.9 Å². The molecule has 0 fully saturated rings. The maximum absolute atomic E-state index is 13.2. The Hall–Kier alpha value is -4.73. The van der Waals surface area contributed by atoms with E-state index < -0.39 is 0 Å². The van der Waals surface area contributed by atoms with Crippen molar-refractivity contribution in [3.8, 4) is 23.0 Å². The lowest BCUT2D eigenvalue weighted by atomic mass is 10.1. The van der Waals surface area contributed by atoms with Crippen molar-refractivity contribution in [2.75, 3.05) is 38.9 Å². The monoisotopic (exact) mass is 542 g/mol. The lowest BCUT2D eigenvalue weighted by Gasteiger charge is -2.23. The second-order valence-corrected chi connectivity index (χ2v) is 9.53. The van der Waals surface area contributed by atoms with Gasteiger partial charge in [-0.05, 0) is 42.5 Å². The third-order valence-corrected chi connectivity index (χ3v) is 6.98. The van der Waals surface area contributed by atoms with E-state index in [-0.39, 0.29) is 19.5 Å². The highest BCUT2D eigenvalue weighted by atomic mass is 16.7. The zero-order chi connectivity index (χ0) is 27.3. The van der Waals surface area contributed by atoms with E-state index in [9.17, 15) is 4.79 Å². The van der Waals surface area contributed by atoms with Crippen LogP contribution in [0, 0.1) is 0 Å². The van der Waals surface area contributed by atoms with Crippen LogP contribution in [0.3, 0.4) is 0 Å². The predicted molar refractivity (Wildman–Crippen MR) is 149 cm³/mol. The van der Waals surface area contributed by atoms with Gasteiger partial charge in [0.15, 0.2) is 23.0 Å². The molecule has 2 aliphatic heterocycles. The molecule has 6 rings (SSSR count). The molecule has 0 spiro atoms. The lowest BCUT2D eigenvalue weighted by molar-refractivity contribution is 0.0953. The number of ether oxygens (including phenoxy) is 5. The quantitative estimate of drug-likeness (QED) is 0.361. The molecule has 4 aromatic rings.